The van der Waals surface area contributed by atoms with E-state index in [0.29, 0.717) is 25.5 Å². The third kappa shape index (κ3) is 3.47. The second-order valence-electron chi connectivity index (χ2n) is 4.06. The molecule has 1 saturated heterocycles. The van der Waals surface area contributed by atoms with Gasteiger partial charge >= 0.3 is 0 Å². The van der Waals surface area contributed by atoms with Crippen LogP contribution >= 0.6 is 24.0 Å². The van der Waals surface area contributed by atoms with Crippen molar-refractivity contribution in [2.45, 2.75) is 6.04 Å². The number of aromatic nitrogens is 2. The monoisotopic (exact) mass is 320 g/mol. The molecule has 0 saturated carbocycles. The molecule has 8 nitrogen and oxygen atoms in total. The standard InChI is InChI=1S/C10H13ClN6O2.ClH/c11-10-15-5(8(12)18)3-7(16-10)17-2-1-14-4-6(17)9(13)19;/h3,6,14H,1-2,4H2,(H2,12,18)(H2,13,19);1H. The molecule has 1 aromatic rings. The summed E-state index contributed by atoms with van der Waals surface area (Å²) in [5.74, 6) is -0.835. The summed E-state index contributed by atoms with van der Waals surface area (Å²) in [4.78, 5) is 32.0. The smallest absolute Gasteiger partial charge is 0.267 e. The lowest BCUT2D eigenvalue weighted by molar-refractivity contribution is -0.119. The Morgan fingerprint density at radius 2 is 2.10 bits per heavy atom. The van der Waals surface area contributed by atoms with Crippen LogP contribution in [-0.4, -0.2) is 47.5 Å². The van der Waals surface area contributed by atoms with E-state index < -0.39 is 17.9 Å². The van der Waals surface area contributed by atoms with Crippen molar-refractivity contribution < 1.29 is 9.59 Å². The van der Waals surface area contributed by atoms with E-state index in [4.69, 9.17) is 23.1 Å². The van der Waals surface area contributed by atoms with E-state index in [1.165, 1.54) is 6.07 Å². The number of primary amides is 2. The summed E-state index contributed by atoms with van der Waals surface area (Å²) in [7, 11) is 0. The lowest BCUT2D eigenvalue weighted by atomic mass is 10.1. The van der Waals surface area contributed by atoms with E-state index in [1.54, 1.807) is 4.90 Å². The van der Waals surface area contributed by atoms with E-state index in [2.05, 4.69) is 15.3 Å². The Balaban J connectivity index is 0.00000200. The fraction of sp³-hybridized carbons (Fsp3) is 0.400. The first kappa shape index (κ1) is 16.4. The minimum absolute atomic E-state index is 0. The van der Waals surface area contributed by atoms with Crippen LogP contribution in [0, 0.1) is 0 Å². The molecule has 20 heavy (non-hydrogen) atoms. The van der Waals surface area contributed by atoms with Crippen molar-refractivity contribution >= 4 is 41.6 Å². The maximum Gasteiger partial charge on any atom is 0.267 e. The number of hydrogen-bond acceptors (Lipinski definition) is 6. The number of nitrogens with zero attached hydrogens (tertiary/aromatic N) is 3. The molecule has 0 radical (unpaired) electrons. The summed E-state index contributed by atoms with van der Waals surface area (Å²) in [6.45, 7) is 1.58. The number of halogens is 2. The summed E-state index contributed by atoms with van der Waals surface area (Å²) >= 11 is 5.75. The van der Waals surface area contributed by atoms with Crippen molar-refractivity contribution in [3.05, 3.63) is 17.0 Å². The van der Waals surface area contributed by atoms with Gasteiger partial charge in [-0.25, -0.2) is 9.97 Å². The van der Waals surface area contributed by atoms with Crippen molar-refractivity contribution in [3.63, 3.8) is 0 Å². The molecule has 2 amide bonds. The van der Waals surface area contributed by atoms with Gasteiger partial charge < -0.3 is 21.7 Å². The Bertz CT molecular complexity index is 526. The van der Waals surface area contributed by atoms with Crippen molar-refractivity contribution in [1.29, 1.82) is 0 Å². The average Bonchev–Trinajstić information content (AvgIpc) is 2.37. The van der Waals surface area contributed by atoms with Gasteiger partial charge in [-0.05, 0) is 11.6 Å². The third-order valence-corrected chi connectivity index (χ3v) is 2.97. The van der Waals surface area contributed by atoms with E-state index >= 15 is 0 Å². The summed E-state index contributed by atoms with van der Waals surface area (Å²) in [6, 6.07) is 0.843. The number of hydrogen-bond donors (Lipinski definition) is 3. The number of amides is 2. The van der Waals surface area contributed by atoms with E-state index in [0.717, 1.165) is 0 Å². The molecule has 2 rings (SSSR count). The molecule has 2 heterocycles. The second kappa shape index (κ2) is 6.69. The van der Waals surface area contributed by atoms with Gasteiger partial charge in [-0.2, -0.15) is 0 Å². The Labute approximate surface area is 126 Å². The Morgan fingerprint density at radius 1 is 1.40 bits per heavy atom. The van der Waals surface area contributed by atoms with Gasteiger partial charge in [0.2, 0.25) is 11.2 Å². The molecule has 0 spiro atoms. The lowest BCUT2D eigenvalue weighted by Crippen LogP contribution is -2.57. The van der Waals surface area contributed by atoms with Gasteiger partial charge in [-0.1, -0.05) is 0 Å². The minimum Gasteiger partial charge on any atom is -0.368 e. The highest BCUT2D eigenvalue weighted by molar-refractivity contribution is 6.28. The quantitative estimate of drug-likeness (QED) is 0.607. The van der Waals surface area contributed by atoms with Gasteiger partial charge in [-0.3, -0.25) is 9.59 Å². The zero-order valence-electron chi connectivity index (χ0n) is 10.4. The first-order valence-electron chi connectivity index (χ1n) is 5.60. The molecule has 110 valence electrons. The van der Waals surface area contributed by atoms with Crippen LogP contribution in [0.3, 0.4) is 0 Å². The van der Waals surface area contributed by atoms with Crippen LogP contribution in [0.5, 0.6) is 0 Å². The molecule has 10 heteroatoms. The summed E-state index contributed by atoms with van der Waals surface area (Å²) in [5, 5.41) is 2.95. The van der Waals surface area contributed by atoms with Crippen LogP contribution in [0.15, 0.2) is 6.07 Å². The molecule has 0 aromatic carbocycles. The van der Waals surface area contributed by atoms with Crippen LogP contribution in [0.1, 0.15) is 10.5 Å². The van der Waals surface area contributed by atoms with Crippen LogP contribution in [0.2, 0.25) is 5.28 Å². The summed E-state index contributed by atoms with van der Waals surface area (Å²) in [5.41, 5.74) is 10.5. The molecular weight excluding hydrogens is 307 g/mol. The van der Waals surface area contributed by atoms with Gasteiger partial charge in [0.05, 0.1) is 0 Å². The first-order valence-corrected chi connectivity index (χ1v) is 5.98. The number of rotatable bonds is 3. The fourth-order valence-electron chi connectivity index (χ4n) is 1.91. The largest absolute Gasteiger partial charge is 0.368 e. The maximum atomic E-state index is 11.4. The maximum absolute atomic E-state index is 11.4. The highest BCUT2D eigenvalue weighted by Crippen LogP contribution is 2.18. The summed E-state index contributed by atoms with van der Waals surface area (Å²) < 4.78 is 0. The zero-order chi connectivity index (χ0) is 14.0. The van der Waals surface area contributed by atoms with Crippen LogP contribution < -0.4 is 21.7 Å². The first-order chi connectivity index (χ1) is 8.99. The molecule has 1 aliphatic heterocycles. The molecular formula is C10H14Cl2N6O2. The molecule has 5 N–H and O–H groups in total. The molecule has 1 aromatic heterocycles. The zero-order valence-corrected chi connectivity index (χ0v) is 11.9. The van der Waals surface area contributed by atoms with Crippen LogP contribution in [0.25, 0.3) is 0 Å². The average molecular weight is 321 g/mol. The molecule has 1 aliphatic rings. The lowest BCUT2D eigenvalue weighted by Gasteiger charge is -2.35. The van der Waals surface area contributed by atoms with E-state index in [1.807, 2.05) is 0 Å². The highest BCUT2D eigenvalue weighted by atomic mass is 35.5. The molecule has 1 fully saturated rings. The minimum atomic E-state index is -0.712. The van der Waals surface area contributed by atoms with Crippen molar-refractivity contribution in [1.82, 2.24) is 15.3 Å². The molecule has 0 aliphatic carbocycles. The Morgan fingerprint density at radius 3 is 2.70 bits per heavy atom. The molecule has 1 unspecified atom stereocenters. The number of piperazine rings is 1. The SMILES string of the molecule is Cl.NC(=O)c1cc(N2CCNCC2C(N)=O)nc(Cl)n1. The number of nitrogens with one attached hydrogen (secondary N) is 1. The van der Waals surface area contributed by atoms with Gasteiger partial charge in [0.1, 0.15) is 17.6 Å². The van der Waals surface area contributed by atoms with Crippen molar-refractivity contribution in [2.75, 3.05) is 24.5 Å². The number of carbonyl (C=O) groups excluding carboxylic acids is 2. The molecule has 1 atom stereocenters. The topological polar surface area (TPSA) is 127 Å². The second-order valence-corrected chi connectivity index (χ2v) is 4.40. The van der Waals surface area contributed by atoms with Crippen LogP contribution in [-0.2, 0) is 4.79 Å². The van der Waals surface area contributed by atoms with Crippen molar-refractivity contribution in [3.8, 4) is 0 Å². The van der Waals surface area contributed by atoms with Gasteiger partial charge in [-0.15, -0.1) is 12.4 Å². The number of nitrogens with two attached hydrogens (primary N) is 2. The summed E-state index contributed by atoms with van der Waals surface area (Å²) in [6.07, 6.45) is 0. The predicted octanol–water partition coefficient (Wildman–Crippen LogP) is -1.09. The van der Waals surface area contributed by atoms with Crippen molar-refractivity contribution in [2.24, 2.45) is 11.5 Å². The normalized spacial score (nSPS) is 18.2. The Hall–Kier alpha value is -1.64. The number of carbonyl (C=O) groups is 2. The van der Waals surface area contributed by atoms with Gasteiger partial charge in [0, 0.05) is 25.7 Å². The predicted molar refractivity (Wildman–Crippen MR) is 76.0 cm³/mol. The van der Waals surface area contributed by atoms with Crippen LogP contribution in [0.4, 0.5) is 5.82 Å². The fourth-order valence-corrected chi connectivity index (χ4v) is 2.09. The third-order valence-electron chi connectivity index (χ3n) is 2.80. The van der Waals surface area contributed by atoms with E-state index in [-0.39, 0.29) is 23.4 Å². The number of anilines is 1. The van der Waals surface area contributed by atoms with Gasteiger partial charge in [0.15, 0.2) is 0 Å². The Kier molecular flexibility index (Phi) is 5.49. The highest BCUT2D eigenvalue weighted by Gasteiger charge is 2.28. The van der Waals surface area contributed by atoms with Gasteiger partial charge in [0.25, 0.3) is 5.91 Å². The molecule has 0 bridgehead atoms. The van der Waals surface area contributed by atoms with E-state index in [9.17, 15) is 9.59 Å².